The molecule has 5 nitrogen and oxygen atoms in total. The maximum atomic E-state index is 13.6. The van der Waals surface area contributed by atoms with Crippen LogP contribution < -0.4 is 15.4 Å². The topological polar surface area (TPSA) is 67.4 Å². The molecule has 0 bridgehead atoms. The molecule has 0 aromatic heterocycles. The lowest BCUT2D eigenvalue weighted by Crippen LogP contribution is -2.29. The van der Waals surface area contributed by atoms with E-state index in [1.54, 1.807) is 30.3 Å². The van der Waals surface area contributed by atoms with Gasteiger partial charge in [0.05, 0.1) is 24.1 Å². The molecule has 0 spiro atoms. The van der Waals surface area contributed by atoms with Crippen molar-refractivity contribution in [3.63, 3.8) is 0 Å². The van der Waals surface area contributed by atoms with Crippen LogP contribution in [0, 0.1) is 17.7 Å². The Morgan fingerprint density at radius 2 is 1.78 bits per heavy atom. The van der Waals surface area contributed by atoms with Gasteiger partial charge in [-0.15, -0.1) is 0 Å². The summed E-state index contributed by atoms with van der Waals surface area (Å²) in [5.74, 6) is -0.678. The molecular weight excluding hydrogens is 347 g/mol. The SMILES string of the molecule is CCOc1ccccc1NC(=O)C1CC1C(=O)NCCc1ccccc1F. The summed E-state index contributed by atoms with van der Waals surface area (Å²) in [7, 11) is 0. The minimum atomic E-state index is -0.340. The summed E-state index contributed by atoms with van der Waals surface area (Å²) in [5, 5.41) is 5.63. The molecule has 2 atom stereocenters. The molecular formula is C21H23FN2O3. The first-order valence-corrected chi connectivity index (χ1v) is 9.14. The molecule has 2 N–H and O–H groups in total. The Hall–Kier alpha value is -2.89. The number of hydrogen-bond acceptors (Lipinski definition) is 3. The van der Waals surface area contributed by atoms with Gasteiger partial charge in [0.2, 0.25) is 11.8 Å². The number of halogens is 1. The predicted molar refractivity (Wildman–Crippen MR) is 101 cm³/mol. The number of nitrogens with one attached hydrogen (secondary N) is 2. The van der Waals surface area contributed by atoms with Gasteiger partial charge in [-0.3, -0.25) is 9.59 Å². The van der Waals surface area contributed by atoms with Gasteiger partial charge >= 0.3 is 0 Å². The Balaban J connectivity index is 1.46. The van der Waals surface area contributed by atoms with E-state index in [9.17, 15) is 14.0 Å². The lowest BCUT2D eigenvalue weighted by atomic mass is 10.1. The molecule has 2 aromatic rings. The van der Waals surface area contributed by atoms with Crippen LogP contribution in [-0.2, 0) is 16.0 Å². The van der Waals surface area contributed by atoms with Gasteiger partial charge in [-0.1, -0.05) is 30.3 Å². The van der Waals surface area contributed by atoms with E-state index in [1.807, 2.05) is 19.1 Å². The van der Waals surface area contributed by atoms with Crippen molar-refractivity contribution >= 4 is 17.5 Å². The van der Waals surface area contributed by atoms with E-state index in [0.717, 1.165) is 0 Å². The Bertz CT molecular complexity index is 825. The minimum absolute atomic E-state index is 0.162. The Morgan fingerprint density at radius 1 is 1.07 bits per heavy atom. The standard InChI is InChI=1S/C21H23FN2O3/c1-2-27-19-10-6-5-9-18(19)24-21(26)16-13-15(16)20(25)23-12-11-14-7-3-4-8-17(14)22/h3-10,15-16H,2,11-13H2,1H3,(H,23,25)(H,24,26). The highest BCUT2D eigenvalue weighted by molar-refractivity contribution is 6.00. The average Bonchev–Trinajstić information content (AvgIpc) is 3.46. The van der Waals surface area contributed by atoms with E-state index in [-0.39, 0.29) is 29.5 Å². The van der Waals surface area contributed by atoms with Crippen LogP contribution in [0.4, 0.5) is 10.1 Å². The number of benzene rings is 2. The van der Waals surface area contributed by atoms with Gasteiger partial charge < -0.3 is 15.4 Å². The predicted octanol–water partition coefficient (Wildman–Crippen LogP) is 3.16. The average molecular weight is 370 g/mol. The van der Waals surface area contributed by atoms with Crippen molar-refractivity contribution in [2.75, 3.05) is 18.5 Å². The number of anilines is 1. The molecule has 142 valence electrons. The zero-order chi connectivity index (χ0) is 19.2. The number of ether oxygens (including phenoxy) is 1. The third-order valence-electron chi connectivity index (χ3n) is 4.56. The fourth-order valence-corrected chi connectivity index (χ4v) is 3.00. The first kappa shape index (κ1) is 18.9. The quantitative estimate of drug-likeness (QED) is 0.750. The van der Waals surface area contributed by atoms with E-state index in [2.05, 4.69) is 10.6 Å². The largest absolute Gasteiger partial charge is 0.492 e. The van der Waals surface area contributed by atoms with Gasteiger partial charge in [0, 0.05) is 6.54 Å². The van der Waals surface area contributed by atoms with E-state index in [0.29, 0.717) is 43.0 Å². The molecule has 2 unspecified atom stereocenters. The Morgan fingerprint density at radius 3 is 2.56 bits per heavy atom. The van der Waals surface area contributed by atoms with Crippen molar-refractivity contribution in [2.45, 2.75) is 19.8 Å². The van der Waals surface area contributed by atoms with Gasteiger partial charge in [0.15, 0.2) is 0 Å². The third-order valence-corrected chi connectivity index (χ3v) is 4.56. The Labute approximate surface area is 157 Å². The lowest BCUT2D eigenvalue weighted by Gasteiger charge is -2.11. The van der Waals surface area contributed by atoms with Crippen molar-refractivity contribution in [1.82, 2.24) is 5.32 Å². The van der Waals surface area contributed by atoms with Crippen molar-refractivity contribution < 1.29 is 18.7 Å². The molecule has 3 rings (SSSR count). The first-order chi connectivity index (χ1) is 13.1. The molecule has 2 amide bonds. The molecule has 1 aliphatic carbocycles. The summed E-state index contributed by atoms with van der Waals surface area (Å²) in [4.78, 5) is 24.6. The molecule has 1 fully saturated rings. The van der Waals surface area contributed by atoms with Crippen LogP contribution >= 0.6 is 0 Å². The normalized spacial score (nSPS) is 17.9. The van der Waals surface area contributed by atoms with Crippen molar-refractivity contribution in [3.05, 3.63) is 59.9 Å². The highest BCUT2D eigenvalue weighted by Crippen LogP contribution is 2.40. The second-order valence-corrected chi connectivity index (χ2v) is 6.50. The van der Waals surface area contributed by atoms with E-state index in [1.165, 1.54) is 6.07 Å². The zero-order valence-electron chi connectivity index (χ0n) is 15.2. The number of para-hydroxylation sites is 2. The number of carbonyl (C=O) groups is 2. The van der Waals surface area contributed by atoms with Gasteiger partial charge in [-0.05, 0) is 43.5 Å². The summed E-state index contributed by atoms with van der Waals surface area (Å²) in [6.07, 6.45) is 0.942. The van der Waals surface area contributed by atoms with Crippen molar-refractivity contribution in [2.24, 2.45) is 11.8 Å². The molecule has 0 radical (unpaired) electrons. The first-order valence-electron chi connectivity index (χ1n) is 9.14. The third kappa shape index (κ3) is 4.84. The minimum Gasteiger partial charge on any atom is -0.492 e. The Kier molecular flexibility index (Phi) is 6.06. The molecule has 0 heterocycles. The van der Waals surface area contributed by atoms with Crippen LogP contribution in [0.2, 0.25) is 0 Å². The van der Waals surface area contributed by atoms with Crippen LogP contribution in [0.15, 0.2) is 48.5 Å². The highest BCUT2D eigenvalue weighted by Gasteiger charge is 2.48. The van der Waals surface area contributed by atoms with Crippen molar-refractivity contribution in [1.29, 1.82) is 0 Å². The zero-order valence-corrected chi connectivity index (χ0v) is 15.2. The van der Waals surface area contributed by atoms with Gasteiger partial charge in [-0.2, -0.15) is 0 Å². The molecule has 0 aliphatic heterocycles. The van der Waals surface area contributed by atoms with Gasteiger partial charge in [-0.25, -0.2) is 4.39 Å². The maximum absolute atomic E-state index is 13.6. The summed E-state index contributed by atoms with van der Waals surface area (Å²) >= 11 is 0. The van der Waals surface area contributed by atoms with E-state index >= 15 is 0 Å². The van der Waals surface area contributed by atoms with Crippen LogP contribution in [0.1, 0.15) is 18.9 Å². The lowest BCUT2D eigenvalue weighted by molar-refractivity contribution is -0.125. The molecule has 6 heteroatoms. The smallest absolute Gasteiger partial charge is 0.228 e. The fraction of sp³-hybridized carbons (Fsp3) is 0.333. The summed E-state index contributed by atoms with van der Waals surface area (Å²) in [6.45, 7) is 2.72. The summed E-state index contributed by atoms with van der Waals surface area (Å²) in [5.41, 5.74) is 1.17. The van der Waals surface area contributed by atoms with Crippen LogP contribution in [-0.4, -0.2) is 25.0 Å². The number of rotatable bonds is 8. The van der Waals surface area contributed by atoms with Gasteiger partial charge in [0.25, 0.3) is 0 Å². The van der Waals surface area contributed by atoms with Crippen LogP contribution in [0.3, 0.4) is 0 Å². The van der Waals surface area contributed by atoms with Gasteiger partial charge in [0.1, 0.15) is 11.6 Å². The number of carbonyl (C=O) groups excluding carboxylic acids is 2. The summed E-state index contributed by atoms with van der Waals surface area (Å²) < 4.78 is 19.1. The second kappa shape index (κ2) is 8.66. The second-order valence-electron chi connectivity index (χ2n) is 6.50. The molecule has 2 aromatic carbocycles. The highest BCUT2D eigenvalue weighted by atomic mass is 19.1. The number of amides is 2. The number of hydrogen-bond donors (Lipinski definition) is 2. The molecule has 27 heavy (non-hydrogen) atoms. The molecule has 1 aliphatic rings. The van der Waals surface area contributed by atoms with E-state index < -0.39 is 0 Å². The van der Waals surface area contributed by atoms with Crippen LogP contribution in [0.25, 0.3) is 0 Å². The summed E-state index contributed by atoms with van der Waals surface area (Å²) in [6, 6.07) is 13.7. The molecule has 0 saturated heterocycles. The van der Waals surface area contributed by atoms with E-state index in [4.69, 9.17) is 4.74 Å². The monoisotopic (exact) mass is 370 g/mol. The van der Waals surface area contributed by atoms with Crippen LogP contribution in [0.5, 0.6) is 5.75 Å². The molecule has 1 saturated carbocycles. The van der Waals surface area contributed by atoms with Crippen molar-refractivity contribution in [3.8, 4) is 5.75 Å². The maximum Gasteiger partial charge on any atom is 0.228 e. The fourth-order valence-electron chi connectivity index (χ4n) is 3.00.